The fraction of sp³-hybridized carbons (Fsp3) is 0. The van der Waals surface area contributed by atoms with Crippen LogP contribution >= 0.6 is 0 Å². The summed E-state index contributed by atoms with van der Waals surface area (Å²) < 4.78 is 0. The van der Waals surface area contributed by atoms with Crippen molar-refractivity contribution < 1.29 is 9.59 Å². The molecule has 0 radical (unpaired) electrons. The summed E-state index contributed by atoms with van der Waals surface area (Å²) in [5, 5.41) is 2.14. The van der Waals surface area contributed by atoms with Crippen molar-refractivity contribution in [3.8, 4) is 0 Å². The highest BCUT2D eigenvalue weighted by molar-refractivity contribution is 5.97. The highest BCUT2D eigenvalue weighted by atomic mass is 16.1. The van der Waals surface area contributed by atoms with E-state index in [0.29, 0.717) is 0 Å². The van der Waals surface area contributed by atoms with Gasteiger partial charge in [-0.1, -0.05) is 72.8 Å². The number of rotatable bonds is 2. The molecule has 3 aromatic carbocycles. The molecule has 0 fully saturated rings. The van der Waals surface area contributed by atoms with Crippen LogP contribution in [0, 0.1) is 0 Å². The molecule has 0 bridgehead atoms. The van der Waals surface area contributed by atoms with Gasteiger partial charge >= 0.3 is 0 Å². The van der Waals surface area contributed by atoms with Gasteiger partial charge in [0.05, 0.1) is 0 Å². The van der Waals surface area contributed by atoms with E-state index in [4.69, 9.17) is 0 Å². The maximum absolute atomic E-state index is 10.6. The first-order valence-corrected chi connectivity index (χ1v) is 6.28. The second-order valence-corrected chi connectivity index (χ2v) is 4.21. The van der Waals surface area contributed by atoms with Crippen molar-refractivity contribution in [3.63, 3.8) is 0 Å². The molecular weight excluding hydrogens is 248 g/mol. The summed E-state index contributed by atoms with van der Waals surface area (Å²) in [4.78, 5) is 20.6. The standard InChI is InChI=1S/C11H8O.C7H6O/c12-8-10-6-3-5-9-4-1-2-7-11(9)10;8-6-7-4-2-1-3-5-7/h1-8H;1-6H. The molecule has 3 aromatic rings. The predicted molar refractivity (Wildman–Crippen MR) is 81.2 cm³/mol. The van der Waals surface area contributed by atoms with E-state index in [1.165, 1.54) is 0 Å². The SMILES string of the molecule is O=Cc1cccc2ccccc12.O=Cc1ccccc1. The number of carbonyl (C=O) groups excluding carboxylic acids is 2. The topological polar surface area (TPSA) is 34.1 Å². The fourth-order valence-corrected chi connectivity index (χ4v) is 1.88. The molecule has 3 rings (SSSR count). The van der Waals surface area contributed by atoms with Gasteiger partial charge in [0.15, 0.2) is 6.29 Å². The minimum absolute atomic E-state index is 0.729. The molecule has 0 amide bonds. The first-order chi connectivity index (χ1) is 9.85. The molecule has 0 N–H and O–H groups in total. The van der Waals surface area contributed by atoms with E-state index in [1.54, 1.807) is 12.1 Å². The van der Waals surface area contributed by atoms with Crippen molar-refractivity contribution in [1.82, 2.24) is 0 Å². The molecule has 20 heavy (non-hydrogen) atoms. The van der Waals surface area contributed by atoms with Crippen molar-refractivity contribution >= 4 is 23.3 Å². The van der Waals surface area contributed by atoms with Crippen LogP contribution in [0.2, 0.25) is 0 Å². The van der Waals surface area contributed by atoms with Crippen LogP contribution in [0.1, 0.15) is 20.7 Å². The van der Waals surface area contributed by atoms with Crippen molar-refractivity contribution in [3.05, 3.63) is 83.9 Å². The highest BCUT2D eigenvalue weighted by Gasteiger charge is 1.96. The fourth-order valence-electron chi connectivity index (χ4n) is 1.88. The molecule has 0 aromatic heterocycles. The zero-order chi connectivity index (χ0) is 14.2. The molecule has 98 valence electrons. The molecule has 2 nitrogen and oxygen atoms in total. The van der Waals surface area contributed by atoms with Gasteiger partial charge in [-0.15, -0.1) is 0 Å². The molecule has 0 heterocycles. The molecule has 0 aliphatic heterocycles. The Morgan fingerprint density at radius 1 is 0.600 bits per heavy atom. The molecule has 0 atom stereocenters. The van der Waals surface area contributed by atoms with E-state index in [9.17, 15) is 9.59 Å². The summed E-state index contributed by atoms with van der Waals surface area (Å²) in [6, 6.07) is 22.7. The lowest BCUT2D eigenvalue weighted by atomic mass is 10.1. The number of hydrogen-bond donors (Lipinski definition) is 0. The molecular formula is C18H14O2. The van der Waals surface area contributed by atoms with Gasteiger partial charge in [0.1, 0.15) is 6.29 Å². The molecule has 0 saturated carbocycles. The van der Waals surface area contributed by atoms with Crippen LogP contribution in [0.5, 0.6) is 0 Å². The molecule has 0 spiro atoms. The van der Waals surface area contributed by atoms with Crippen LogP contribution in [-0.2, 0) is 0 Å². The Morgan fingerprint density at radius 3 is 1.90 bits per heavy atom. The van der Waals surface area contributed by atoms with Crippen LogP contribution in [0.25, 0.3) is 10.8 Å². The molecule has 0 aliphatic rings. The monoisotopic (exact) mass is 262 g/mol. The average molecular weight is 262 g/mol. The van der Waals surface area contributed by atoms with E-state index < -0.39 is 0 Å². The van der Waals surface area contributed by atoms with E-state index in [2.05, 4.69) is 0 Å². The van der Waals surface area contributed by atoms with Gasteiger partial charge < -0.3 is 0 Å². The Kier molecular flexibility index (Phi) is 4.79. The third-order valence-electron chi connectivity index (χ3n) is 2.89. The maximum atomic E-state index is 10.6. The lowest BCUT2D eigenvalue weighted by molar-refractivity contribution is 0.111. The third kappa shape index (κ3) is 3.39. The van der Waals surface area contributed by atoms with Crippen LogP contribution in [0.15, 0.2) is 72.8 Å². The normalized spacial score (nSPS) is 9.40. The summed E-state index contributed by atoms with van der Waals surface area (Å²) in [6.45, 7) is 0. The molecule has 0 unspecified atom stereocenters. The number of aldehydes is 2. The van der Waals surface area contributed by atoms with Gasteiger partial charge in [0.25, 0.3) is 0 Å². The Hall–Kier alpha value is -2.74. The maximum Gasteiger partial charge on any atom is 0.150 e. The predicted octanol–water partition coefficient (Wildman–Crippen LogP) is 4.15. The first kappa shape index (κ1) is 13.7. The zero-order valence-corrected chi connectivity index (χ0v) is 10.9. The minimum Gasteiger partial charge on any atom is -0.298 e. The second kappa shape index (κ2) is 7.00. The quantitative estimate of drug-likeness (QED) is 0.650. The lowest BCUT2D eigenvalue weighted by Crippen LogP contribution is -1.81. The van der Waals surface area contributed by atoms with Crippen molar-refractivity contribution in [1.29, 1.82) is 0 Å². The molecule has 2 heteroatoms. The zero-order valence-electron chi connectivity index (χ0n) is 10.9. The lowest BCUT2D eigenvalue weighted by Gasteiger charge is -1.98. The number of fused-ring (bicyclic) bond motifs is 1. The summed E-state index contributed by atoms with van der Waals surface area (Å²) in [5.74, 6) is 0. The van der Waals surface area contributed by atoms with Crippen LogP contribution in [-0.4, -0.2) is 12.6 Å². The van der Waals surface area contributed by atoms with Gasteiger partial charge in [-0.3, -0.25) is 9.59 Å². The Balaban J connectivity index is 0.000000160. The van der Waals surface area contributed by atoms with Crippen molar-refractivity contribution in [2.45, 2.75) is 0 Å². The van der Waals surface area contributed by atoms with Gasteiger partial charge in [0.2, 0.25) is 0 Å². The van der Waals surface area contributed by atoms with E-state index >= 15 is 0 Å². The first-order valence-electron chi connectivity index (χ1n) is 6.28. The minimum atomic E-state index is 0.729. The van der Waals surface area contributed by atoms with E-state index in [1.807, 2.05) is 60.7 Å². The Bertz CT molecular complexity index is 697. The summed E-state index contributed by atoms with van der Waals surface area (Å²) in [6.07, 6.45) is 1.72. The average Bonchev–Trinajstić information content (AvgIpc) is 2.55. The van der Waals surface area contributed by atoms with E-state index in [0.717, 1.165) is 34.5 Å². The Morgan fingerprint density at radius 2 is 1.25 bits per heavy atom. The summed E-state index contributed by atoms with van der Waals surface area (Å²) in [7, 11) is 0. The highest BCUT2D eigenvalue weighted by Crippen LogP contribution is 2.16. The largest absolute Gasteiger partial charge is 0.298 e. The summed E-state index contributed by atoms with van der Waals surface area (Å²) >= 11 is 0. The van der Waals surface area contributed by atoms with Gasteiger partial charge in [0, 0.05) is 11.1 Å². The smallest absolute Gasteiger partial charge is 0.150 e. The van der Waals surface area contributed by atoms with Gasteiger partial charge in [-0.2, -0.15) is 0 Å². The van der Waals surface area contributed by atoms with E-state index in [-0.39, 0.29) is 0 Å². The van der Waals surface area contributed by atoms with Crippen LogP contribution in [0.4, 0.5) is 0 Å². The second-order valence-electron chi connectivity index (χ2n) is 4.21. The van der Waals surface area contributed by atoms with Crippen LogP contribution in [0.3, 0.4) is 0 Å². The number of hydrogen-bond acceptors (Lipinski definition) is 2. The summed E-state index contributed by atoms with van der Waals surface area (Å²) in [5.41, 5.74) is 1.49. The molecule has 0 saturated heterocycles. The van der Waals surface area contributed by atoms with Crippen molar-refractivity contribution in [2.24, 2.45) is 0 Å². The van der Waals surface area contributed by atoms with Crippen LogP contribution < -0.4 is 0 Å². The number of carbonyl (C=O) groups is 2. The number of benzene rings is 3. The third-order valence-corrected chi connectivity index (χ3v) is 2.89. The Labute approximate surface area is 117 Å². The van der Waals surface area contributed by atoms with Crippen molar-refractivity contribution in [2.75, 3.05) is 0 Å². The van der Waals surface area contributed by atoms with Gasteiger partial charge in [-0.25, -0.2) is 0 Å². The van der Waals surface area contributed by atoms with Gasteiger partial charge in [-0.05, 0) is 10.8 Å². The molecule has 0 aliphatic carbocycles.